The lowest BCUT2D eigenvalue weighted by atomic mass is 10.2. The summed E-state index contributed by atoms with van der Waals surface area (Å²) in [5.74, 6) is -0.489. The molecule has 1 aromatic heterocycles. The standard InChI is InChI=1S/C11H14N2O3/c1-11(2,3)16-10(14)5-4-9-8-12-6-7-13(9)15/h4-8H,1-3H3/b5-4+. The topological polar surface area (TPSA) is 66.1 Å². The maximum atomic E-state index is 11.3. The highest BCUT2D eigenvalue weighted by Gasteiger charge is 2.14. The van der Waals surface area contributed by atoms with Crippen LogP contribution in [0.5, 0.6) is 0 Å². The van der Waals surface area contributed by atoms with Crippen LogP contribution < -0.4 is 4.73 Å². The zero-order chi connectivity index (χ0) is 12.2. The molecular formula is C11H14N2O3. The number of hydrogen-bond acceptors (Lipinski definition) is 4. The smallest absolute Gasteiger partial charge is 0.331 e. The van der Waals surface area contributed by atoms with Gasteiger partial charge in [-0.15, -0.1) is 0 Å². The van der Waals surface area contributed by atoms with Gasteiger partial charge in [-0.25, -0.2) is 4.79 Å². The van der Waals surface area contributed by atoms with Crippen molar-refractivity contribution < 1.29 is 14.3 Å². The van der Waals surface area contributed by atoms with Crippen molar-refractivity contribution in [3.05, 3.63) is 35.6 Å². The molecule has 86 valence electrons. The summed E-state index contributed by atoms with van der Waals surface area (Å²) in [7, 11) is 0. The van der Waals surface area contributed by atoms with Crippen LogP contribution in [-0.4, -0.2) is 16.6 Å². The number of ether oxygens (including phenoxy) is 1. The van der Waals surface area contributed by atoms with E-state index in [0.29, 0.717) is 4.73 Å². The zero-order valence-corrected chi connectivity index (χ0v) is 9.51. The van der Waals surface area contributed by atoms with Crippen molar-refractivity contribution in [3.63, 3.8) is 0 Å². The number of rotatable bonds is 2. The zero-order valence-electron chi connectivity index (χ0n) is 9.51. The lowest BCUT2D eigenvalue weighted by molar-refractivity contribution is -0.608. The Bertz CT molecular complexity index is 408. The molecule has 0 radical (unpaired) electrons. The van der Waals surface area contributed by atoms with E-state index in [1.165, 1.54) is 30.7 Å². The Labute approximate surface area is 94.0 Å². The number of esters is 1. The van der Waals surface area contributed by atoms with E-state index in [0.717, 1.165) is 0 Å². The van der Waals surface area contributed by atoms with Crippen molar-refractivity contribution >= 4 is 12.0 Å². The number of hydrogen-bond donors (Lipinski definition) is 0. The fraction of sp³-hybridized carbons (Fsp3) is 0.364. The Morgan fingerprint density at radius 3 is 2.81 bits per heavy atom. The molecule has 5 heteroatoms. The van der Waals surface area contributed by atoms with E-state index in [2.05, 4.69) is 4.98 Å². The maximum Gasteiger partial charge on any atom is 0.331 e. The average molecular weight is 222 g/mol. The van der Waals surface area contributed by atoms with E-state index in [1.54, 1.807) is 20.8 Å². The fourth-order valence-corrected chi connectivity index (χ4v) is 0.967. The molecule has 16 heavy (non-hydrogen) atoms. The van der Waals surface area contributed by atoms with E-state index in [1.807, 2.05) is 0 Å². The minimum atomic E-state index is -0.538. The second-order valence-corrected chi connectivity index (χ2v) is 4.19. The molecule has 0 amide bonds. The quantitative estimate of drug-likeness (QED) is 0.325. The Hall–Kier alpha value is -1.91. The first-order chi connectivity index (χ1) is 7.38. The molecule has 0 unspecified atom stereocenters. The van der Waals surface area contributed by atoms with Crippen LogP contribution in [0.15, 0.2) is 24.7 Å². The van der Waals surface area contributed by atoms with Crippen molar-refractivity contribution in [3.8, 4) is 0 Å². The van der Waals surface area contributed by atoms with E-state index in [4.69, 9.17) is 4.74 Å². The Balaban J connectivity index is 2.68. The number of carbonyl (C=O) groups excluding carboxylic acids is 1. The van der Waals surface area contributed by atoms with Gasteiger partial charge in [-0.1, -0.05) is 0 Å². The van der Waals surface area contributed by atoms with E-state index >= 15 is 0 Å². The SMILES string of the molecule is CC(C)(C)OC(=O)/C=C/c1cncc[n+]1[O-]. The number of aromatic nitrogens is 2. The molecule has 0 saturated heterocycles. The Morgan fingerprint density at radius 2 is 2.25 bits per heavy atom. The van der Waals surface area contributed by atoms with Crippen LogP contribution in [0, 0.1) is 5.21 Å². The summed E-state index contributed by atoms with van der Waals surface area (Å²) < 4.78 is 5.66. The average Bonchev–Trinajstić information content (AvgIpc) is 2.14. The lowest BCUT2D eigenvalue weighted by Gasteiger charge is -2.17. The van der Waals surface area contributed by atoms with Gasteiger partial charge in [-0.3, -0.25) is 4.98 Å². The van der Waals surface area contributed by atoms with Crippen LogP contribution >= 0.6 is 0 Å². The predicted octanol–water partition coefficient (Wildman–Crippen LogP) is 1.07. The molecule has 0 aliphatic carbocycles. The first kappa shape index (κ1) is 12.2. The van der Waals surface area contributed by atoms with Crippen molar-refractivity contribution in [2.45, 2.75) is 26.4 Å². The molecular weight excluding hydrogens is 208 g/mol. The van der Waals surface area contributed by atoms with Gasteiger partial charge in [0.2, 0.25) is 5.69 Å². The molecule has 1 rings (SSSR count). The van der Waals surface area contributed by atoms with Crippen LogP contribution in [0.3, 0.4) is 0 Å². The first-order valence-electron chi connectivity index (χ1n) is 4.83. The third kappa shape index (κ3) is 4.08. The minimum Gasteiger partial charge on any atom is -0.618 e. The van der Waals surface area contributed by atoms with Crippen LogP contribution in [-0.2, 0) is 9.53 Å². The van der Waals surface area contributed by atoms with Gasteiger partial charge in [0.1, 0.15) is 5.60 Å². The third-order valence-electron chi connectivity index (χ3n) is 1.55. The highest BCUT2D eigenvalue weighted by atomic mass is 16.6. The second kappa shape index (κ2) is 4.74. The minimum absolute atomic E-state index is 0.286. The van der Waals surface area contributed by atoms with Gasteiger partial charge in [-0.2, -0.15) is 4.73 Å². The van der Waals surface area contributed by atoms with Crippen molar-refractivity contribution in [2.75, 3.05) is 0 Å². The number of carbonyl (C=O) groups is 1. The second-order valence-electron chi connectivity index (χ2n) is 4.19. The molecule has 0 aliphatic heterocycles. The van der Waals surface area contributed by atoms with E-state index in [-0.39, 0.29) is 5.69 Å². The lowest BCUT2D eigenvalue weighted by Crippen LogP contribution is -2.29. The Morgan fingerprint density at radius 1 is 1.56 bits per heavy atom. The van der Waals surface area contributed by atoms with Crippen molar-refractivity contribution in [1.29, 1.82) is 0 Å². The van der Waals surface area contributed by atoms with Gasteiger partial charge in [-0.05, 0) is 20.8 Å². The molecule has 0 atom stereocenters. The summed E-state index contributed by atoms with van der Waals surface area (Å²) in [4.78, 5) is 15.1. The van der Waals surface area contributed by atoms with E-state index in [9.17, 15) is 10.0 Å². The van der Waals surface area contributed by atoms with Gasteiger partial charge in [0, 0.05) is 12.2 Å². The largest absolute Gasteiger partial charge is 0.618 e. The molecule has 0 bridgehead atoms. The van der Waals surface area contributed by atoms with Gasteiger partial charge >= 0.3 is 5.97 Å². The highest BCUT2D eigenvalue weighted by molar-refractivity contribution is 5.86. The maximum absolute atomic E-state index is 11.3. The Kier molecular flexibility index (Phi) is 3.60. The monoisotopic (exact) mass is 222 g/mol. The van der Waals surface area contributed by atoms with Crippen LogP contribution in [0.1, 0.15) is 26.5 Å². The molecule has 0 saturated carbocycles. The van der Waals surface area contributed by atoms with Crippen molar-refractivity contribution in [1.82, 2.24) is 4.98 Å². The normalized spacial score (nSPS) is 11.7. The van der Waals surface area contributed by atoms with Gasteiger partial charge in [0.15, 0.2) is 6.20 Å². The molecule has 0 N–H and O–H groups in total. The molecule has 0 fully saturated rings. The fourth-order valence-electron chi connectivity index (χ4n) is 0.967. The summed E-state index contributed by atoms with van der Waals surface area (Å²) in [6.45, 7) is 5.32. The molecule has 0 spiro atoms. The van der Waals surface area contributed by atoms with Crippen LogP contribution in [0.4, 0.5) is 0 Å². The highest BCUT2D eigenvalue weighted by Crippen LogP contribution is 2.07. The van der Waals surface area contributed by atoms with Gasteiger partial charge in [0.25, 0.3) is 0 Å². The molecule has 1 heterocycles. The summed E-state index contributed by atoms with van der Waals surface area (Å²) >= 11 is 0. The van der Waals surface area contributed by atoms with Crippen LogP contribution in [0.2, 0.25) is 0 Å². The molecule has 0 aliphatic rings. The van der Waals surface area contributed by atoms with Crippen LogP contribution in [0.25, 0.3) is 6.08 Å². The van der Waals surface area contributed by atoms with Crippen molar-refractivity contribution in [2.24, 2.45) is 0 Å². The van der Waals surface area contributed by atoms with Gasteiger partial charge < -0.3 is 9.94 Å². The molecule has 5 nitrogen and oxygen atoms in total. The van der Waals surface area contributed by atoms with Gasteiger partial charge in [0.05, 0.1) is 12.4 Å². The molecule has 1 aromatic rings. The number of nitrogens with zero attached hydrogens (tertiary/aromatic N) is 2. The predicted molar refractivity (Wildman–Crippen MR) is 58.1 cm³/mol. The summed E-state index contributed by atoms with van der Waals surface area (Å²) in [6, 6.07) is 0. The third-order valence-corrected chi connectivity index (χ3v) is 1.55. The first-order valence-corrected chi connectivity index (χ1v) is 4.83. The molecule has 0 aromatic carbocycles. The summed E-state index contributed by atoms with van der Waals surface area (Å²) in [5, 5.41) is 11.2. The summed E-state index contributed by atoms with van der Waals surface area (Å²) in [6.07, 6.45) is 6.57. The summed E-state index contributed by atoms with van der Waals surface area (Å²) in [5.41, 5.74) is -0.252. The van der Waals surface area contributed by atoms with E-state index < -0.39 is 11.6 Å².